The lowest BCUT2D eigenvalue weighted by atomic mass is 10.0. The molecule has 3 heteroatoms. The van der Waals surface area contributed by atoms with Crippen LogP contribution in [0, 0.1) is 5.82 Å². The van der Waals surface area contributed by atoms with Crippen LogP contribution in [0.5, 0.6) is 0 Å². The Balaban J connectivity index is 1.95. The zero-order valence-electron chi connectivity index (χ0n) is 8.88. The van der Waals surface area contributed by atoms with Gasteiger partial charge in [0.25, 0.3) is 0 Å². The first-order valence-electron chi connectivity index (χ1n) is 5.67. The van der Waals surface area contributed by atoms with Crippen LogP contribution in [-0.2, 0) is 6.42 Å². The van der Waals surface area contributed by atoms with Crippen molar-refractivity contribution in [2.24, 2.45) is 0 Å². The van der Waals surface area contributed by atoms with E-state index < -0.39 is 0 Å². The first kappa shape index (κ1) is 10.6. The van der Waals surface area contributed by atoms with Crippen molar-refractivity contribution in [2.75, 3.05) is 6.54 Å². The quantitative estimate of drug-likeness (QED) is 0.806. The Hall–Kier alpha value is -0.960. The van der Waals surface area contributed by atoms with Gasteiger partial charge in [0.2, 0.25) is 0 Å². The summed E-state index contributed by atoms with van der Waals surface area (Å²) in [4.78, 5) is 3.87. The second-order valence-electron chi connectivity index (χ2n) is 4.22. The first-order chi connectivity index (χ1) is 7.34. The molecule has 0 aromatic carbocycles. The summed E-state index contributed by atoms with van der Waals surface area (Å²) >= 11 is 0. The summed E-state index contributed by atoms with van der Waals surface area (Å²) in [5.74, 6) is -0.235. The molecule has 15 heavy (non-hydrogen) atoms. The van der Waals surface area contributed by atoms with E-state index in [2.05, 4.69) is 10.3 Å². The monoisotopic (exact) mass is 208 g/mol. The lowest BCUT2D eigenvalue weighted by molar-refractivity contribution is 0.505. The van der Waals surface area contributed by atoms with Crippen molar-refractivity contribution in [3.05, 3.63) is 29.8 Å². The maximum atomic E-state index is 12.9. The predicted molar refractivity (Wildman–Crippen MR) is 58.2 cm³/mol. The molecule has 1 fully saturated rings. The number of hydrogen-bond acceptors (Lipinski definition) is 2. The summed E-state index contributed by atoms with van der Waals surface area (Å²) in [7, 11) is 0. The van der Waals surface area contributed by atoms with Gasteiger partial charge in [-0.05, 0) is 37.4 Å². The van der Waals surface area contributed by atoms with Gasteiger partial charge in [0.1, 0.15) is 5.82 Å². The van der Waals surface area contributed by atoms with Crippen LogP contribution in [0.1, 0.15) is 31.2 Å². The van der Waals surface area contributed by atoms with E-state index in [0.717, 1.165) is 18.5 Å². The molecule has 0 amide bonds. The van der Waals surface area contributed by atoms with Gasteiger partial charge in [0.05, 0.1) is 6.20 Å². The number of nitrogens with zero attached hydrogens (tertiary/aromatic N) is 1. The van der Waals surface area contributed by atoms with Crippen LogP contribution >= 0.6 is 0 Å². The topological polar surface area (TPSA) is 24.9 Å². The van der Waals surface area contributed by atoms with Crippen LogP contribution in [0.3, 0.4) is 0 Å². The average molecular weight is 208 g/mol. The average Bonchev–Trinajstić information content (AvgIpc) is 2.46. The van der Waals surface area contributed by atoms with Gasteiger partial charge >= 0.3 is 0 Å². The molecule has 0 radical (unpaired) electrons. The molecule has 0 saturated carbocycles. The molecule has 82 valence electrons. The summed E-state index contributed by atoms with van der Waals surface area (Å²) in [6, 6.07) is 2.08. The Morgan fingerprint density at radius 2 is 2.27 bits per heavy atom. The van der Waals surface area contributed by atoms with Crippen LogP contribution in [0.15, 0.2) is 18.5 Å². The molecule has 1 aromatic heterocycles. The van der Waals surface area contributed by atoms with Crippen LogP contribution in [0.2, 0.25) is 0 Å². The fraction of sp³-hybridized carbons (Fsp3) is 0.583. The second kappa shape index (κ2) is 5.21. The third-order valence-corrected chi connectivity index (χ3v) is 2.91. The Kier molecular flexibility index (Phi) is 3.67. The van der Waals surface area contributed by atoms with Crippen molar-refractivity contribution in [1.82, 2.24) is 10.3 Å². The highest BCUT2D eigenvalue weighted by molar-refractivity contribution is 5.11. The van der Waals surface area contributed by atoms with Crippen molar-refractivity contribution >= 4 is 0 Å². The maximum Gasteiger partial charge on any atom is 0.141 e. The van der Waals surface area contributed by atoms with E-state index in [1.165, 1.54) is 31.9 Å². The lowest BCUT2D eigenvalue weighted by Gasteiger charge is -2.15. The smallest absolute Gasteiger partial charge is 0.141 e. The molecule has 0 bridgehead atoms. The summed E-state index contributed by atoms with van der Waals surface area (Å²) < 4.78 is 12.9. The molecule has 1 atom stereocenters. The molecule has 0 spiro atoms. The molecular weight excluding hydrogens is 191 g/mol. The number of pyridine rings is 1. The summed E-state index contributed by atoms with van der Waals surface area (Å²) in [5.41, 5.74) is 0.995. The standard InChI is InChI=1S/C12H17FN2/c13-11-6-10(8-14-9-11)7-12-4-2-1-3-5-15-12/h6,8-9,12,15H,1-5,7H2. The van der Waals surface area contributed by atoms with Crippen molar-refractivity contribution in [3.63, 3.8) is 0 Å². The first-order valence-corrected chi connectivity index (χ1v) is 5.67. The van der Waals surface area contributed by atoms with E-state index in [9.17, 15) is 4.39 Å². The van der Waals surface area contributed by atoms with Crippen LogP contribution < -0.4 is 5.32 Å². The fourth-order valence-electron chi connectivity index (χ4n) is 2.13. The van der Waals surface area contributed by atoms with Crippen LogP contribution in [0.4, 0.5) is 4.39 Å². The van der Waals surface area contributed by atoms with Crippen molar-refractivity contribution in [1.29, 1.82) is 0 Å². The van der Waals surface area contributed by atoms with Gasteiger partial charge in [-0.2, -0.15) is 0 Å². The van der Waals surface area contributed by atoms with Crippen LogP contribution in [-0.4, -0.2) is 17.6 Å². The zero-order chi connectivity index (χ0) is 10.5. The van der Waals surface area contributed by atoms with E-state index in [0.29, 0.717) is 6.04 Å². The zero-order valence-corrected chi connectivity index (χ0v) is 8.88. The number of aromatic nitrogens is 1. The number of halogens is 1. The predicted octanol–water partition coefficient (Wildman–Crippen LogP) is 2.30. The molecule has 1 saturated heterocycles. The SMILES string of the molecule is Fc1cncc(CC2CCCCCN2)c1. The van der Waals surface area contributed by atoms with Gasteiger partial charge in [-0.3, -0.25) is 4.98 Å². The minimum absolute atomic E-state index is 0.235. The van der Waals surface area contributed by atoms with E-state index in [4.69, 9.17) is 0 Å². The molecule has 1 N–H and O–H groups in total. The van der Waals surface area contributed by atoms with Crippen molar-refractivity contribution < 1.29 is 4.39 Å². The number of rotatable bonds is 2. The minimum atomic E-state index is -0.235. The highest BCUT2D eigenvalue weighted by Gasteiger charge is 2.12. The Labute approximate surface area is 89.9 Å². The molecule has 2 nitrogen and oxygen atoms in total. The van der Waals surface area contributed by atoms with Gasteiger partial charge in [-0.15, -0.1) is 0 Å². The van der Waals surface area contributed by atoms with Crippen molar-refractivity contribution in [2.45, 2.75) is 38.1 Å². The molecule has 1 aromatic rings. The summed E-state index contributed by atoms with van der Waals surface area (Å²) in [6.07, 6.45) is 8.95. The third-order valence-electron chi connectivity index (χ3n) is 2.91. The molecular formula is C12H17FN2. The highest BCUT2D eigenvalue weighted by Crippen LogP contribution is 2.13. The van der Waals surface area contributed by atoms with E-state index in [-0.39, 0.29) is 5.82 Å². The Bertz CT molecular complexity index is 306. The van der Waals surface area contributed by atoms with Gasteiger partial charge in [-0.25, -0.2) is 4.39 Å². The van der Waals surface area contributed by atoms with Gasteiger partial charge in [-0.1, -0.05) is 12.8 Å². The normalized spacial score (nSPS) is 22.3. The fourth-order valence-corrected chi connectivity index (χ4v) is 2.13. The highest BCUT2D eigenvalue weighted by atomic mass is 19.1. The molecule has 1 aliphatic rings. The van der Waals surface area contributed by atoms with E-state index in [1.807, 2.05) is 0 Å². The van der Waals surface area contributed by atoms with E-state index in [1.54, 1.807) is 12.3 Å². The maximum absolute atomic E-state index is 12.9. The van der Waals surface area contributed by atoms with E-state index >= 15 is 0 Å². The van der Waals surface area contributed by atoms with Crippen LogP contribution in [0.25, 0.3) is 0 Å². The molecule has 1 unspecified atom stereocenters. The molecule has 2 rings (SSSR count). The lowest BCUT2D eigenvalue weighted by Crippen LogP contribution is -2.30. The molecule has 2 heterocycles. The Morgan fingerprint density at radius 3 is 3.13 bits per heavy atom. The number of hydrogen-bond donors (Lipinski definition) is 1. The minimum Gasteiger partial charge on any atom is -0.314 e. The summed E-state index contributed by atoms with van der Waals surface area (Å²) in [6.45, 7) is 1.09. The second-order valence-corrected chi connectivity index (χ2v) is 4.22. The molecule has 1 aliphatic heterocycles. The summed E-state index contributed by atoms with van der Waals surface area (Å²) in [5, 5.41) is 3.50. The Morgan fingerprint density at radius 1 is 1.33 bits per heavy atom. The largest absolute Gasteiger partial charge is 0.314 e. The van der Waals surface area contributed by atoms with Gasteiger partial charge < -0.3 is 5.32 Å². The van der Waals surface area contributed by atoms with Gasteiger partial charge in [0.15, 0.2) is 0 Å². The van der Waals surface area contributed by atoms with Crippen molar-refractivity contribution in [3.8, 4) is 0 Å². The molecule has 0 aliphatic carbocycles. The van der Waals surface area contributed by atoms with Gasteiger partial charge in [0, 0.05) is 12.2 Å². The third kappa shape index (κ3) is 3.27. The number of nitrogens with one attached hydrogen (secondary N) is 1.